The van der Waals surface area contributed by atoms with Gasteiger partial charge in [0.15, 0.2) is 0 Å². The molecule has 0 saturated carbocycles. The average molecular weight is 418 g/mol. The van der Waals surface area contributed by atoms with E-state index in [9.17, 15) is 15.0 Å². The van der Waals surface area contributed by atoms with Crippen LogP contribution < -0.4 is 4.74 Å². The number of amides is 1. The van der Waals surface area contributed by atoms with Crippen LogP contribution in [0.15, 0.2) is 18.2 Å². The second-order valence-electron chi connectivity index (χ2n) is 8.43. The molecule has 3 heterocycles. The van der Waals surface area contributed by atoms with E-state index in [0.29, 0.717) is 69.5 Å². The molecular weight excluding hydrogens is 388 g/mol. The molecular formula is C22H30N2O6. The van der Waals surface area contributed by atoms with Crippen LogP contribution in [0.5, 0.6) is 11.5 Å². The summed E-state index contributed by atoms with van der Waals surface area (Å²) in [7, 11) is 0. The first-order chi connectivity index (χ1) is 14.4. The SMILES string of the molecule is CC1(C)Oc2ccc(/C=C/C(=O)N3CCOCC3)c(O)c2C(N2CCOCC2)C1O. The van der Waals surface area contributed by atoms with Crippen LogP contribution >= 0.6 is 0 Å². The maximum atomic E-state index is 12.4. The van der Waals surface area contributed by atoms with E-state index in [1.807, 2.05) is 13.8 Å². The lowest BCUT2D eigenvalue weighted by Crippen LogP contribution is -2.55. The quantitative estimate of drug-likeness (QED) is 0.712. The number of fused-ring (bicyclic) bond motifs is 1. The van der Waals surface area contributed by atoms with Crippen molar-refractivity contribution in [1.29, 1.82) is 0 Å². The maximum Gasteiger partial charge on any atom is 0.246 e. The third-order valence-corrected chi connectivity index (χ3v) is 6.06. The summed E-state index contributed by atoms with van der Waals surface area (Å²) in [5.74, 6) is 0.470. The van der Waals surface area contributed by atoms with E-state index in [4.69, 9.17) is 14.2 Å². The van der Waals surface area contributed by atoms with Crippen molar-refractivity contribution in [3.8, 4) is 11.5 Å². The van der Waals surface area contributed by atoms with Gasteiger partial charge in [0.25, 0.3) is 0 Å². The molecule has 30 heavy (non-hydrogen) atoms. The third-order valence-electron chi connectivity index (χ3n) is 6.06. The van der Waals surface area contributed by atoms with Crippen LogP contribution in [0.3, 0.4) is 0 Å². The Bertz CT molecular complexity index is 812. The van der Waals surface area contributed by atoms with Crippen molar-refractivity contribution in [2.24, 2.45) is 0 Å². The van der Waals surface area contributed by atoms with Crippen molar-refractivity contribution in [2.45, 2.75) is 31.6 Å². The zero-order chi connectivity index (χ0) is 21.3. The Morgan fingerprint density at radius 3 is 2.40 bits per heavy atom. The minimum atomic E-state index is -0.830. The fourth-order valence-corrected chi connectivity index (χ4v) is 4.29. The number of carbonyl (C=O) groups excluding carboxylic acids is 1. The van der Waals surface area contributed by atoms with Crippen molar-refractivity contribution >= 4 is 12.0 Å². The molecule has 2 unspecified atom stereocenters. The number of aliphatic hydroxyl groups excluding tert-OH is 1. The Balaban J connectivity index is 1.65. The van der Waals surface area contributed by atoms with Gasteiger partial charge in [-0.25, -0.2) is 0 Å². The second-order valence-corrected chi connectivity index (χ2v) is 8.43. The van der Waals surface area contributed by atoms with E-state index in [1.165, 1.54) is 6.08 Å². The summed E-state index contributed by atoms with van der Waals surface area (Å²) in [5.41, 5.74) is 0.278. The third kappa shape index (κ3) is 4.05. The van der Waals surface area contributed by atoms with Crippen molar-refractivity contribution in [1.82, 2.24) is 9.80 Å². The summed E-state index contributed by atoms with van der Waals surface area (Å²) in [4.78, 5) is 16.3. The summed E-state index contributed by atoms with van der Waals surface area (Å²) in [6, 6.07) is 3.12. The van der Waals surface area contributed by atoms with Gasteiger partial charge in [-0.1, -0.05) is 0 Å². The summed E-state index contributed by atoms with van der Waals surface area (Å²) < 4.78 is 16.8. The van der Waals surface area contributed by atoms with Crippen LogP contribution in [0, 0.1) is 0 Å². The van der Waals surface area contributed by atoms with E-state index in [0.717, 1.165) is 0 Å². The zero-order valence-corrected chi connectivity index (χ0v) is 17.5. The Kier molecular flexibility index (Phi) is 6.02. The molecule has 1 amide bonds. The molecule has 2 saturated heterocycles. The van der Waals surface area contributed by atoms with Crippen molar-refractivity contribution in [3.05, 3.63) is 29.3 Å². The van der Waals surface area contributed by atoms with Crippen LogP contribution in [0.2, 0.25) is 0 Å². The minimum absolute atomic E-state index is 0.0320. The lowest BCUT2D eigenvalue weighted by atomic mass is 9.84. The van der Waals surface area contributed by atoms with Gasteiger partial charge in [-0.2, -0.15) is 0 Å². The molecule has 2 N–H and O–H groups in total. The number of aliphatic hydroxyl groups is 1. The van der Waals surface area contributed by atoms with Gasteiger partial charge in [0.05, 0.1) is 38.0 Å². The van der Waals surface area contributed by atoms with E-state index in [-0.39, 0.29) is 11.7 Å². The normalized spacial score (nSPS) is 27.0. The highest BCUT2D eigenvalue weighted by Crippen LogP contribution is 2.48. The van der Waals surface area contributed by atoms with Gasteiger partial charge in [0.2, 0.25) is 5.91 Å². The number of hydrogen-bond acceptors (Lipinski definition) is 7. The number of nitrogens with zero attached hydrogens (tertiary/aromatic N) is 2. The molecule has 0 aromatic heterocycles. The van der Waals surface area contributed by atoms with Crippen LogP contribution in [0.1, 0.15) is 31.0 Å². The number of morpholine rings is 2. The Hall–Kier alpha value is -2.13. The molecule has 8 heteroatoms. The zero-order valence-electron chi connectivity index (χ0n) is 17.5. The van der Waals surface area contributed by atoms with Gasteiger partial charge in [0.1, 0.15) is 23.2 Å². The lowest BCUT2D eigenvalue weighted by molar-refractivity contribution is -0.129. The molecule has 164 valence electrons. The largest absolute Gasteiger partial charge is 0.507 e. The molecule has 0 spiro atoms. The number of phenolic OH excluding ortho intramolecular Hbond substituents is 1. The highest BCUT2D eigenvalue weighted by atomic mass is 16.5. The molecule has 0 radical (unpaired) electrons. The highest BCUT2D eigenvalue weighted by molar-refractivity contribution is 5.92. The fourth-order valence-electron chi connectivity index (χ4n) is 4.29. The van der Waals surface area contributed by atoms with Crippen molar-refractivity contribution in [3.63, 3.8) is 0 Å². The fraction of sp³-hybridized carbons (Fsp3) is 0.591. The number of aromatic hydroxyl groups is 1. The first-order valence-electron chi connectivity index (χ1n) is 10.5. The highest BCUT2D eigenvalue weighted by Gasteiger charge is 2.47. The van der Waals surface area contributed by atoms with E-state index in [1.54, 1.807) is 23.1 Å². The first-order valence-corrected chi connectivity index (χ1v) is 10.5. The molecule has 1 aromatic rings. The molecule has 0 bridgehead atoms. The van der Waals surface area contributed by atoms with Gasteiger partial charge >= 0.3 is 0 Å². The van der Waals surface area contributed by atoms with Crippen molar-refractivity contribution < 1.29 is 29.2 Å². The van der Waals surface area contributed by atoms with Crippen LogP contribution in [0.4, 0.5) is 0 Å². The van der Waals surface area contributed by atoms with Gasteiger partial charge in [-0.05, 0) is 32.1 Å². The van der Waals surface area contributed by atoms with E-state index in [2.05, 4.69) is 4.90 Å². The van der Waals surface area contributed by atoms with Crippen LogP contribution in [-0.4, -0.2) is 90.2 Å². The predicted octanol–water partition coefficient (Wildman–Crippen LogP) is 1.17. The van der Waals surface area contributed by atoms with E-state index < -0.39 is 17.7 Å². The maximum absolute atomic E-state index is 12.4. The standard InChI is InChI=1S/C22H30N2O6/c1-22(2)21(27)19(24-9-13-29-14-10-24)18-16(30-22)5-3-15(20(18)26)4-6-17(25)23-7-11-28-12-8-23/h3-6,19,21,26-27H,7-14H2,1-2H3/b6-4+. The molecule has 2 atom stereocenters. The number of hydrogen-bond donors (Lipinski definition) is 2. The molecule has 2 fully saturated rings. The van der Waals surface area contributed by atoms with Gasteiger partial charge in [-0.15, -0.1) is 0 Å². The van der Waals surface area contributed by atoms with Gasteiger partial charge in [-0.3, -0.25) is 9.69 Å². The van der Waals surface area contributed by atoms with E-state index >= 15 is 0 Å². The van der Waals surface area contributed by atoms with Crippen molar-refractivity contribution in [2.75, 3.05) is 52.6 Å². The smallest absolute Gasteiger partial charge is 0.246 e. The number of rotatable bonds is 3. The summed E-state index contributed by atoms with van der Waals surface area (Å²) in [6.45, 7) is 8.37. The number of benzene rings is 1. The number of phenols is 1. The molecule has 0 aliphatic carbocycles. The Morgan fingerprint density at radius 2 is 1.73 bits per heavy atom. The summed E-state index contributed by atoms with van der Waals surface area (Å²) in [5, 5.41) is 22.2. The van der Waals surface area contributed by atoms with Gasteiger partial charge in [0, 0.05) is 37.8 Å². The molecule has 1 aromatic carbocycles. The minimum Gasteiger partial charge on any atom is -0.507 e. The molecule has 8 nitrogen and oxygen atoms in total. The molecule has 3 aliphatic heterocycles. The Labute approximate surface area is 176 Å². The number of ether oxygens (including phenoxy) is 3. The summed E-state index contributed by atoms with van der Waals surface area (Å²) in [6.07, 6.45) is 2.26. The predicted molar refractivity (Wildman–Crippen MR) is 110 cm³/mol. The molecule has 4 rings (SSSR count). The molecule has 3 aliphatic rings. The first kappa shape index (κ1) is 21.1. The topological polar surface area (TPSA) is 91.7 Å². The number of carbonyl (C=O) groups is 1. The van der Waals surface area contributed by atoms with Crippen LogP contribution in [0.25, 0.3) is 6.08 Å². The van der Waals surface area contributed by atoms with Crippen LogP contribution in [-0.2, 0) is 14.3 Å². The summed E-state index contributed by atoms with van der Waals surface area (Å²) >= 11 is 0. The monoisotopic (exact) mass is 418 g/mol. The lowest BCUT2D eigenvalue weighted by Gasteiger charge is -2.47. The average Bonchev–Trinajstić information content (AvgIpc) is 2.75. The van der Waals surface area contributed by atoms with Gasteiger partial charge < -0.3 is 29.3 Å². The second kappa shape index (κ2) is 8.55. The Morgan fingerprint density at radius 1 is 1.10 bits per heavy atom.